The number of aliphatic hydroxyl groups excluding tert-OH is 1. The lowest BCUT2D eigenvalue weighted by molar-refractivity contribution is 0.122. The maximum Gasteiger partial charge on any atom is 0.0540 e. The Bertz CT molecular complexity index is 404. The van der Waals surface area contributed by atoms with Crippen molar-refractivity contribution < 1.29 is 5.11 Å². The first-order valence-electron chi connectivity index (χ1n) is 7.49. The minimum atomic E-state index is -0.0447. The van der Waals surface area contributed by atoms with Crippen LogP contribution in [-0.2, 0) is 6.42 Å². The Morgan fingerprint density at radius 1 is 1.17 bits per heavy atom. The fourth-order valence-electron chi connectivity index (χ4n) is 3.37. The molecule has 2 unspecified atom stereocenters. The van der Waals surface area contributed by atoms with Crippen LogP contribution in [-0.4, -0.2) is 11.2 Å². The van der Waals surface area contributed by atoms with E-state index in [1.807, 2.05) is 0 Å². The van der Waals surface area contributed by atoms with E-state index in [2.05, 4.69) is 31.2 Å². The first kappa shape index (κ1) is 12.2. The zero-order chi connectivity index (χ0) is 12.5. The predicted octanol–water partition coefficient (Wildman–Crippen LogP) is 3.90. The summed E-state index contributed by atoms with van der Waals surface area (Å²) in [5.41, 5.74) is 3.03. The van der Waals surface area contributed by atoms with Crippen LogP contribution in [0.2, 0.25) is 0 Å². The van der Waals surface area contributed by atoms with Crippen molar-refractivity contribution >= 4 is 0 Å². The molecule has 98 valence electrons. The summed E-state index contributed by atoms with van der Waals surface area (Å²) in [6, 6.07) is 9.21. The number of benzene rings is 1. The van der Waals surface area contributed by atoms with Gasteiger partial charge in [-0.3, -0.25) is 0 Å². The van der Waals surface area contributed by atoms with Crippen LogP contribution in [0.3, 0.4) is 0 Å². The Labute approximate surface area is 110 Å². The second-order valence-electron chi connectivity index (χ2n) is 6.43. The van der Waals surface area contributed by atoms with Gasteiger partial charge < -0.3 is 5.11 Å². The monoisotopic (exact) mass is 244 g/mol. The summed E-state index contributed by atoms with van der Waals surface area (Å²) >= 11 is 0. The minimum Gasteiger partial charge on any atom is -0.393 e. The highest BCUT2D eigenvalue weighted by molar-refractivity contribution is 5.27. The maximum absolute atomic E-state index is 9.58. The van der Waals surface area contributed by atoms with E-state index in [1.165, 1.54) is 24.0 Å². The van der Waals surface area contributed by atoms with Gasteiger partial charge in [-0.05, 0) is 67.4 Å². The van der Waals surface area contributed by atoms with Crippen molar-refractivity contribution in [3.63, 3.8) is 0 Å². The molecule has 3 rings (SSSR count). The van der Waals surface area contributed by atoms with E-state index in [0.717, 1.165) is 37.5 Å². The molecular formula is C17H24O. The summed E-state index contributed by atoms with van der Waals surface area (Å²) in [6.45, 7) is 2.36. The molecule has 1 aromatic rings. The molecule has 2 atom stereocenters. The summed E-state index contributed by atoms with van der Waals surface area (Å²) < 4.78 is 0. The van der Waals surface area contributed by atoms with Crippen LogP contribution in [0.4, 0.5) is 0 Å². The molecule has 18 heavy (non-hydrogen) atoms. The summed E-state index contributed by atoms with van der Waals surface area (Å²) in [5, 5.41) is 9.58. The van der Waals surface area contributed by atoms with Gasteiger partial charge in [-0.2, -0.15) is 0 Å². The van der Waals surface area contributed by atoms with Crippen molar-refractivity contribution in [3.05, 3.63) is 35.4 Å². The maximum atomic E-state index is 9.58. The van der Waals surface area contributed by atoms with E-state index >= 15 is 0 Å². The molecule has 0 bridgehead atoms. The van der Waals surface area contributed by atoms with Gasteiger partial charge in [0.05, 0.1) is 6.10 Å². The van der Waals surface area contributed by atoms with Crippen molar-refractivity contribution in [2.45, 2.75) is 57.5 Å². The lowest BCUT2D eigenvalue weighted by atomic mass is 9.82. The quantitative estimate of drug-likeness (QED) is 0.855. The molecule has 1 nitrogen and oxygen atoms in total. The average molecular weight is 244 g/mol. The van der Waals surface area contributed by atoms with Crippen molar-refractivity contribution in [2.75, 3.05) is 0 Å². The molecule has 2 aliphatic carbocycles. The smallest absolute Gasteiger partial charge is 0.0540 e. The molecule has 0 amide bonds. The Hall–Kier alpha value is -0.820. The van der Waals surface area contributed by atoms with E-state index in [4.69, 9.17) is 0 Å². The first-order chi connectivity index (χ1) is 8.72. The van der Waals surface area contributed by atoms with E-state index in [1.54, 1.807) is 0 Å². The number of hydrogen-bond acceptors (Lipinski definition) is 1. The van der Waals surface area contributed by atoms with E-state index in [9.17, 15) is 5.11 Å². The Morgan fingerprint density at radius 3 is 2.56 bits per heavy atom. The van der Waals surface area contributed by atoms with Crippen LogP contribution >= 0.6 is 0 Å². The van der Waals surface area contributed by atoms with Crippen LogP contribution in [0.25, 0.3) is 0 Å². The van der Waals surface area contributed by atoms with Crippen molar-refractivity contribution in [1.82, 2.24) is 0 Å². The molecule has 1 aromatic carbocycles. The average Bonchev–Trinajstić information content (AvgIpc) is 3.06. The van der Waals surface area contributed by atoms with Crippen LogP contribution in [0.1, 0.15) is 56.1 Å². The highest BCUT2D eigenvalue weighted by atomic mass is 16.3. The van der Waals surface area contributed by atoms with Crippen molar-refractivity contribution in [3.8, 4) is 0 Å². The van der Waals surface area contributed by atoms with Gasteiger partial charge in [0.15, 0.2) is 0 Å². The highest BCUT2D eigenvalue weighted by Crippen LogP contribution is 2.41. The van der Waals surface area contributed by atoms with Gasteiger partial charge in [0, 0.05) is 0 Å². The zero-order valence-electron chi connectivity index (χ0n) is 11.3. The predicted molar refractivity (Wildman–Crippen MR) is 74.6 cm³/mol. The van der Waals surface area contributed by atoms with Gasteiger partial charge >= 0.3 is 0 Å². The van der Waals surface area contributed by atoms with Gasteiger partial charge in [0.1, 0.15) is 0 Å². The fourth-order valence-corrected chi connectivity index (χ4v) is 3.37. The molecule has 0 heterocycles. The molecule has 2 aliphatic rings. The zero-order valence-corrected chi connectivity index (χ0v) is 11.3. The lowest BCUT2D eigenvalue weighted by Gasteiger charge is -2.26. The highest BCUT2D eigenvalue weighted by Gasteiger charge is 2.32. The van der Waals surface area contributed by atoms with Crippen LogP contribution in [0.5, 0.6) is 0 Å². The van der Waals surface area contributed by atoms with Crippen LogP contribution in [0.15, 0.2) is 24.3 Å². The molecule has 2 saturated carbocycles. The van der Waals surface area contributed by atoms with E-state index in [-0.39, 0.29) is 6.10 Å². The van der Waals surface area contributed by atoms with Crippen molar-refractivity contribution in [1.29, 1.82) is 0 Å². The normalized spacial score (nSPS) is 35.4. The molecule has 1 heteroatoms. The first-order valence-corrected chi connectivity index (χ1v) is 7.49. The molecule has 2 fully saturated rings. The van der Waals surface area contributed by atoms with Gasteiger partial charge in [-0.25, -0.2) is 0 Å². The summed E-state index contributed by atoms with van der Waals surface area (Å²) in [4.78, 5) is 0. The van der Waals surface area contributed by atoms with E-state index < -0.39 is 0 Å². The van der Waals surface area contributed by atoms with Gasteiger partial charge in [-0.15, -0.1) is 0 Å². The standard InChI is InChI=1S/C17H24O/c1-12-9-16(12)11-13-3-2-4-15(10-13)14-5-7-17(18)8-6-14/h2-4,10,12,14,16-18H,5-9,11H2,1H3. The van der Waals surface area contributed by atoms with E-state index in [0.29, 0.717) is 5.92 Å². The summed E-state index contributed by atoms with van der Waals surface area (Å²) in [6.07, 6.45) is 6.92. The van der Waals surface area contributed by atoms with Crippen LogP contribution < -0.4 is 0 Å². The number of aliphatic hydroxyl groups is 1. The third-order valence-electron chi connectivity index (χ3n) is 4.89. The molecule has 0 saturated heterocycles. The SMILES string of the molecule is CC1CC1Cc1cccc(C2CCC(O)CC2)c1. The Morgan fingerprint density at radius 2 is 1.89 bits per heavy atom. The van der Waals surface area contributed by atoms with Gasteiger partial charge in [0.2, 0.25) is 0 Å². The minimum absolute atomic E-state index is 0.0447. The molecule has 0 aliphatic heterocycles. The molecule has 1 N–H and O–H groups in total. The second kappa shape index (κ2) is 5.05. The molecular weight excluding hydrogens is 220 g/mol. The Balaban J connectivity index is 1.66. The topological polar surface area (TPSA) is 20.2 Å². The third-order valence-corrected chi connectivity index (χ3v) is 4.89. The molecule has 0 spiro atoms. The third kappa shape index (κ3) is 2.77. The number of hydrogen-bond donors (Lipinski definition) is 1. The second-order valence-corrected chi connectivity index (χ2v) is 6.43. The summed E-state index contributed by atoms with van der Waals surface area (Å²) in [7, 11) is 0. The van der Waals surface area contributed by atoms with Crippen LogP contribution in [0, 0.1) is 11.8 Å². The van der Waals surface area contributed by atoms with Gasteiger partial charge in [-0.1, -0.05) is 31.2 Å². The number of rotatable bonds is 3. The van der Waals surface area contributed by atoms with Gasteiger partial charge in [0.25, 0.3) is 0 Å². The summed E-state index contributed by atoms with van der Waals surface area (Å²) in [5.74, 6) is 2.57. The fraction of sp³-hybridized carbons (Fsp3) is 0.647. The van der Waals surface area contributed by atoms with Crippen molar-refractivity contribution in [2.24, 2.45) is 11.8 Å². The Kier molecular flexibility index (Phi) is 3.43. The lowest BCUT2D eigenvalue weighted by Crippen LogP contribution is -2.17. The molecule has 0 radical (unpaired) electrons. The largest absolute Gasteiger partial charge is 0.393 e. The molecule has 0 aromatic heterocycles.